The van der Waals surface area contributed by atoms with Crippen LogP contribution in [0.15, 0.2) is 24.3 Å². The number of nitrogens with two attached hydrogens (primary N) is 1. The molecule has 1 aliphatic heterocycles. The van der Waals surface area contributed by atoms with Crippen molar-refractivity contribution in [2.75, 3.05) is 19.8 Å². The van der Waals surface area contributed by atoms with Gasteiger partial charge >= 0.3 is 0 Å². The number of carbonyl (C=O) groups excluding carboxylic acids is 1. The molecule has 110 valence electrons. The molecule has 1 saturated heterocycles. The molecule has 2 N–H and O–H groups in total. The number of hydrogen-bond acceptors (Lipinski definition) is 3. The largest absolute Gasteiger partial charge is 0.381 e. The van der Waals surface area contributed by atoms with Crippen molar-refractivity contribution in [3.63, 3.8) is 0 Å². The normalized spacial score (nSPS) is 16.1. The molecular weight excluding hydrogens is 252 g/mol. The molecule has 1 aliphatic rings. The van der Waals surface area contributed by atoms with Crippen LogP contribution in [0.3, 0.4) is 0 Å². The molecule has 0 radical (unpaired) electrons. The van der Waals surface area contributed by atoms with Gasteiger partial charge in [-0.2, -0.15) is 0 Å². The molecule has 4 nitrogen and oxygen atoms in total. The van der Waals surface area contributed by atoms with Crippen LogP contribution >= 0.6 is 0 Å². The van der Waals surface area contributed by atoms with Gasteiger partial charge in [0, 0.05) is 38.8 Å². The Balaban J connectivity index is 2.06. The molecule has 20 heavy (non-hydrogen) atoms. The third kappa shape index (κ3) is 3.58. The molecule has 0 aromatic heterocycles. The standard InChI is InChI=1S/C16H24N2O2/c1-2-18(16(19)13-7-9-20-10-8-13)12-15-6-4-3-5-14(15)11-17/h3-6,13H,2,7-12,17H2,1H3. The molecule has 1 aromatic carbocycles. The van der Waals surface area contributed by atoms with E-state index in [1.165, 1.54) is 0 Å². The minimum Gasteiger partial charge on any atom is -0.381 e. The summed E-state index contributed by atoms with van der Waals surface area (Å²) in [6, 6.07) is 8.08. The first kappa shape index (κ1) is 15.0. The summed E-state index contributed by atoms with van der Waals surface area (Å²) < 4.78 is 5.33. The van der Waals surface area contributed by atoms with Crippen molar-refractivity contribution in [2.45, 2.75) is 32.9 Å². The lowest BCUT2D eigenvalue weighted by Gasteiger charge is -2.29. The van der Waals surface area contributed by atoms with E-state index in [4.69, 9.17) is 10.5 Å². The highest BCUT2D eigenvalue weighted by Crippen LogP contribution is 2.20. The van der Waals surface area contributed by atoms with Crippen LogP contribution in [0.4, 0.5) is 0 Å². The van der Waals surface area contributed by atoms with Gasteiger partial charge < -0.3 is 15.4 Å². The molecule has 4 heteroatoms. The summed E-state index contributed by atoms with van der Waals surface area (Å²) in [5.41, 5.74) is 8.03. The highest BCUT2D eigenvalue weighted by molar-refractivity contribution is 5.79. The van der Waals surface area contributed by atoms with Gasteiger partial charge in [0.2, 0.25) is 5.91 Å². The van der Waals surface area contributed by atoms with Crippen LogP contribution < -0.4 is 5.73 Å². The van der Waals surface area contributed by atoms with Gasteiger partial charge in [0.25, 0.3) is 0 Å². The second-order valence-electron chi connectivity index (χ2n) is 5.21. The Hall–Kier alpha value is -1.39. The fraction of sp³-hybridized carbons (Fsp3) is 0.562. The molecule has 0 spiro atoms. The Morgan fingerprint density at radius 3 is 2.55 bits per heavy atom. The summed E-state index contributed by atoms with van der Waals surface area (Å²) in [5.74, 6) is 0.372. The van der Waals surface area contributed by atoms with Gasteiger partial charge in [0.15, 0.2) is 0 Å². The number of carbonyl (C=O) groups is 1. The Kier molecular flexibility index (Phi) is 5.56. The summed E-state index contributed by atoms with van der Waals surface area (Å²) in [4.78, 5) is 14.5. The zero-order valence-electron chi connectivity index (χ0n) is 12.2. The van der Waals surface area contributed by atoms with E-state index in [0.717, 1.165) is 30.5 Å². The maximum Gasteiger partial charge on any atom is 0.226 e. The summed E-state index contributed by atoms with van der Waals surface area (Å²) in [6.45, 7) is 5.33. The number of benzene rings is 1. The maximum atomic E-state index is 12.6. The first-order chi connectivity index (χ1) is 9.76. The second kappa shape index (κ2) is 7.41. The third-order valence-corrected chi connectivity index (χ3v) is 3.96. The SMILES string of the molecule is CCN(Cc1ccccc1CN)C(=O)C1CCOCC1. The van der Waals surface area contributed by atoms with Gasteiger partial charge in [0.1, 0.15) is 0 Å². The van der Waals surface area contributed by atoms with Gasteiger partial charge in [-0.15, -0.1) is 0 Å². The number of rotatable bonds is 5. The second-order valence-corrected chi connectivity index (χ2v) is 5.21. The molecular formula is C16H24N2O2. The number of amides is 1. The highest BCUT2D eigenvalue weighted by Gasteiger charge is 2.25. The summed E-state index contributed by atoms with van der Waals surface area (Å²) >= 11 is 0. The van der Waals surface area contributed by atoms with E-state index in [9.17, 15) is 4.79 Å². The molecule has 2 rings (SSSR count). The Morgan fingerprint density at radius 1 is 1.30 bits per heavy atom. The fourth-order valence-electron chi connectivity index (χ4n) is 2.66. The molecule has 1 fully saturated rings. The van der Waals surface area contributed by atoms with Crippen LogP contribution in [-0.2, 0) is 22.6 Å². The Labute approximate surface area is 120 Å². The van der Waals surface area contributed by atoms with Crippen LogP contribution in [0.2, 0.25) is 0 Å². The summed E-state index contributed by atoms with van der Waals surface area (Å²) in [6.07, 6.45) is 1.68. The monoisotopic (exact) mass is 276 g/mol. The average molecular weight is 276 g/mol. The number of nitrogens with zero attached hydrogens (tertiary/aromatic N) is 1. The van der Waals surface area contributed by atoms with E-state index in [0.29, 0.717) is 26.3 Å². The number of hydrogen-bond donors (Lipinski definition) is 1. The first-order valence-corrected chi connectivity index (χ1v) is 7.39. The lowest BCUT2D eigenvalue weighted by atomic mass is 9.98. The number of ether oxygens (including phenoxy) is 1. The van der Waals surface area contributed by atoms with Gasteiger partial charge in [-0.25, -0.2) is 0 Å². The van der Waals surface area contributed by atoms with Crippen LogP contribution in [-0.4, -0.2) is 30.6 Å². The van der Waals surface area contributed by atoms with E-state index in [-0.39, 0.29) is 11.8 Å². The zero-order valence-corrected chi connectivity index (χ0v) is 12.2. The van der Waals surface area contributed by atoms with Crippen molar-refractivity contribution in [3.8, 4) is 0 Å². The van der Waals surface area contributed by atoms with Crippen molar-refractivity contribution in [1.82, 2.24) is 4.90 Å². The van der Waals surface area contributed by atoms with E-state index in [2.05, 4.69) is 6.07 Å². The van der Waals surface area contributed by atoms with Gasteiger partial charge in [-0.1, -0.05) is 24.3 Å². The first-order valence-electron chi connectivity index (χ1n) is 7.39. The Morgan fingerprint density at radius 2 is 1.95 bits per heavy atom. The van der Waals surface area contributed by atoms with Gasteiger partial charge in [0.05, 0.1) is 0 Å². The fourth-order valence-corrected chi connectivity index (χ4v) is 2.66. The third-order valence-electron chi connectivity index (χ3n) is 3.96. The topological polar surface area (TPSA) is 55.6 Å². The van der Waals surface area contributed by atoms with Crippen molar-refractivity contribution >= 4 is 5.91 Å². The minimum absolute atomic E-state index is 0.119. The highest BCUT2D eigenvalue weighted by atomic mass is 16.5. The average Bonchev–Trinajstić information content (AvgIpc) is 2.53. The quantitative estimate of drug-likeness (QED) is 0.894. The smallest absolute Gasteiger partial charge is 0.226 e. The lowest BCUT2D eigenvalue weighted by Crippen LogP contribution is -2.38. The van der Waals surface area contributed by atoms with Crippen LogP contribution in [0.1, 0.15) is 30.9 Å². The zero-order chi connectivity index (χ0) is 14.4. The van der Waals surface area contributed by atoms with Crippen molar-refractivity contribution in [3.05, 3.63) is 35.4 Å². The van der Waals surface area contributed by atoms with E-state index >= 15 is 0 Å². The van der Waals surface area contributed by atoms with E-state index in [1.54, 1.807) is 0 Å². The van der Waals surface area contributed by atoms with E-state index < -0.39 is 0 Å². The molecule has 1 aromatic rings. The maximum absolute atomic E-state index is 12.6. The van der Waals surface area contributed by atoms with Crippen molar-refractivity contribution in [2.24, 2.45) is 11.7 Å². The molecule has 0 unspecified atom stereocenters. The van der Waals surface area contributed by atoms with Crippen LogP contribution in [0.25, 0.3) is 0 Å². The predicted molar refractivity (Wildman–Crippen MR) is 79.0 cm³/mol. The van der Waals surface area contributed by atoms with Crippen molar-refractivity contribution in [1.29, 1.82) is 0 Å². The van der Waals surface area contributed by atoms with Crippen LogP contribution in [0.5, 0.6) is 0 Å². The molecule has 0 aliphatic carbocycles. The lowest BCUT2D eigenvalue weighted by molar-refractivity contribution is -0.139. The predicted octanol–water partition coefficient (Wildman–Crippen LogP) is 1.92. The van der Waals surface area contributed by atoms with Gasteiger partial charge in [-0.3, -0.25) is 4.79 Å². The van der Waals surface area contributed by atoms with Crippen LogP contribution in [0, 0.1) is 5.92 Å². The van der Waals surface area contributed by atoms with Gasteiger partial charge in [-0.05, 0) is 30.9 Å². The molecule has 0 saturated carbocycles. The Bertz CT molecular complexity index is 442. The van der Waals surface area contributed by atoms with Crippen molar-refractivity contribution < 1.29 is 9.53 Å². The summed E-state index contributed by atoms with van der Waals surface area (Å²) in [5, 5.41) is 0. The molecule has 1 amide bonds. The summed E-state index contributed by atoms with van der Waals surface area (Å²) in [7, 11) is 0. The minimum atomic E-state index is 0.119. The molecule has 0 atom stereocenters. The molecule has 1 heterocycles. The van der Waals surface area contributed by atoms with E-state index in [1.807, 2.05) is 30.0 Å². The molecule has 0 bridgehead atoms.